The van der Waals surface area contributed by atoms with E-state index >= 15 is 0 Å². The molecule has 0 radical (unpaired) electrons. The number of aryl methyl sites for hydroxylation is 1. The first-order chi connectivity index (χ1) is 10.2. The maximum absolute atomic E-state index is 10.5. The van der Waals surface area contributed by atoms with Crippen LogP contribution in [0.4, 0.5) is 0 Å². The van der Waals surface area contributed by atoms with Crippen LogP contribution in [0.25, 0.3) is 16.7 Å². The Morgan fingerprint density at radius 2 is 1.81 bits per heavy atom. The summed E-state index contributed by atoms with van der Waals surface area (Å²) in [5.41, 5.74) is 4.16. The average molecular weight is 282 g/mol. The van der Waals surface area contributed by atoms with Crippen LogP contribution < -0.4 is 5.32 Å². The van der Waals surface area contributed by atoms with Crippen molar-refractivity contribution in [3.8, 4) is 11.4 Å². The predicted octanol–water partition coefficient (Wildman–Crippen LogP) is 2.54. The lowest BCUT2D eigenvalue weighted by Crippen LogP contribution is -2.13. The molecule has 0 saturated heterocycles. The van der Waals surface area contributed by atoms with Crippen LogP contribution in [0.1, 0.15) is 18.1 Å². The summed E-state index contributed by atoms with van der Waals surface area (Å²) >= 11 is 0. The van der Waals surface area contributed by atoms with E-state index in [2.05, 4.69) is 15.5 Å². The van der Waals surface area contributed by atoms with Crippen LogP contribution >= 0.6 is 0 Å². The van der Waals surface area contributed by atoms with Gasteiger partial charge in [-0.3, -0.25) is 0 Å². The van der Waals surface area contributed by atoms with E-state index in [1.807, 2.05) is 50.2 Å². The van der Waals surface area contributed by atoms with Crippen LogP contribution in [0, 0.1) is 6.92 Å². The normalized spacial score (nSPS) is 11.1. The molecule has 1 heterocycles. The molecule has 0 fully saturated rings. The van der Waals surface area contributed by atoms with Crippen LogP contribution in [-0.4, -0.2) is 26.6 Å². The molecular weight excluding hydrogens is 264 g/mol. The standard InChI is InChI=1S/C16H18N4O/c1-3-17-10-12-8-11(2)9-15(16(12)21)20-18-13-6-4-5-7-14(13)19-20/h4-9,17,21H,3,10H2,1-2H3. The van der Waals surface area contributed by atoms with E-state index in [0.717, 1.165) is 28.7 Å². The quantitative estimate of drug-likeness (QED) is 0.772. The second kappa shape index (κ2) is 5.54. The number of aromatic hydroxyl groups is 1. The average Bonchev–Trinajstić information content (AvgIpc) is 2.91. The SMILES string of the molecule is CCNCc1cc(C)cc(-n2nc3ccccc3n2)c1O. The Hall–Kier alpha value is -2.40. The molecule has 3 aromatic rings. The molecule has 21 heavy (non-hydrogen) atoms. The Labute approximate surface area is 123 Å². The van der Waals surface area contributed by atoms with E-state index in [1.54, 1.807) is 0 Å². The van der Waals surface area contributed by atoms with Crippen molar-refractivity contribution in [1.82, 2.24) is 20.3 Å². The van der Waals surface area contributed by atoms with Gasteiger partial charge in [0, 0.05) is 12.1 Å². The summed E-state index contributed by atoms with van der Waals surface area (Å²) < 4.78 is 0. The Bertz CT molecular complexity index is 746. The number of phenols is 1. The lowest BCUT2D eigenvalue weighted by Gasteiger charge is -2.11. The minimum Gasteiger partial charge on any atom is -0.505 e. The summed E-state index contributed by atoms with van der Waals surface area (Å²) in [6, 6.07) is 11.5. The van der Waals surface area contributed by atoms with Crippen molar-refractivity contribution in [2.45, 2.75) is 20.4 Å². The summed E-state index contributed by atoms with van der Waals surface area (Å²) in [5.74, 6) is 0.224. The number of rotatable bonds is 4. The fourth-order valence-electron chi connectivity index (χ4n) is 2.35. The first kappa shape index (κ1) is 13.6. The zero-order valence-electron chi connectivity index (χ0n) is 12.2. The molecule has 0 aliphatic carbocycles. The molecule has 0 spiro atoms. The molecule has 5 nitrogen and oxygen atoms in total. The van der Waals surface area contributed by atoms with E-state index < -0.39 is 0 Å². The Morgan fingerprint density at radius 3 is 2.43 bits per heavy atom. The molecule has 0 aliphatic rings. The van der Waals surface area contributed by atoms with Gasteiger partial charge in [-0.25, -0.2) is 0 Å². The molecule has 0 amide bonds. The number of hydrogen-bond acceptors (Lipinski definition) is 4. The Balaban J connectivity index is 2.10. The lowest BCUT2D eigenvalue weighted by molar-refractivity contribution is 0.457. The van der Waals surface area contributed by atoms with Crippen LogP contribution in [-0.2, 0) is 6.54 Å². The molecule has 108 valence electrons. The third kappa shape index (κ3) is 2.60. The first-order valence-corrected chi connectivity index (χ1v) is 7.04. The van der Waals surface area contributed by atoms with Gasteiger partial charge in [0.2, 0.25) is 0 Å². The molecule has 2 aromatic carbocycles. The minimum atomic E-state index is 0.224. The number of fused-ring (bicyclic) bond motifs is 1. The highest BCUT2D eigenvalue weighted by Crippen LogP contribution is 2.27. The maximum Gasteiger partial charge on any atom is 0.147 e. The highest BCUT2D eigenvalue weighted by atomic mass is 16.3. The fourth-order valence-corrected chi connectivity index (χ4v) is 2.35. The summed E-state index contributed by atoms with van der Waals surface area (Å²) in [7, 11) is 0. The van der Waals surface area contributed by atoms with Gasteiger partial charge in [-0.15, -0.1) is 15.0 Å². The molecule has 0 aliphatic heterocycles. The molecule has 5 heteroatoms. The van der Waals surface area contributed by atoms with Gasteiger partial charge in [0.1, 0.15) is 22.5 Å². The summed E-state index contributed by atoms with van der Waals surface area (Å²) in [4.78, 5) is 1.50. The summed E-state index contributed by atoms with van der Waals surface area (Å²) in [6.07, 6.45) is 0. The molecule has 3 rings (SSSR count). The summed E-state index contributed by atoms with van der Waals surface area (Å²) in [5, 5.41) is 22.6. The number of phenolic OH excluding ortho intramolecular Hbond substituents is 1. The molecule has 2 N–H and O–H groups in total. The van der Waals surface area contributed by atoms with E-state index in [4.69, 9.17) is 0 Å². The highest BCUT2D eigenvalue weighted by molar-refractivity contribution is 5.73. The molecule has 0 atom stereocenters. The largest absolute Gasteiger partial charge is 0.505 e. The Morgan fingerprint density at radius 1 is 1.14 bits per heavy atom. The van der Waals surface area contributed by atoms with Crippen molar-refractivity contribution >= 4 is 11.0 Å². The van der Waals surface area contributed by atoms with Gasteiger partial charge in [-0.05, 0) is 37.2 Å². The van der Waals surface area contributed by atoms with E-state index in [9.17, 15) is 5.11 Å². The van der Waals surface area contributed by atoms with Crippen LogP contribution in [0.3, 0.4) is 0 Å². The third-order valence-corrected chi connectivity index (χ3v) is 3.38. The van der Waals surface area contributed by atoms with E-state index in [1.165, 1.54) is 4.80 Å². The van der Waals surface area contributed by atoms with E-state index in [0.29, 0.717) is 12.2 Å². The second-order valence-electron chi connectivity index (χ2n) is 5.05. The minimum absolute atomic E-state index is 0.224. The van der Waals surface area contributed by atoms with Crippen LogP contribution in [0.15, 0.2) is 36.4 Å². The maximum atomic E-state index is 10.5. The van der Waals surface area contributed by atoms with Gasteiger partial charge in [0.15, 0.2) is 0 Å². The smallest absolute Gasteiger partial charge is 0.147 e. The van der Waals surface area contributed by atoms with Gasteiger partial charge < -0.3 is 10.4 Å². The number of benzene rings is 2. The topological polar surface area (TPSA) is 63.0 Å². The molecule has 1 aromatic heterocycles. The van der Waals surface area contributed by atoms with Crippen molar-refractivity contribution in [3.05, 3.63) is 47.5 Å². The second-order valence-corrected chi connectivity index (χ2v) is 5.05. The first-order valence-electron chi connectivity index (χ1n) is 7.04. The molecule has 0 saturated carbocycles. The predicted molar refractivity (Wildman–Crippen MR) is 82.6 cm³/mol. The van der Waals surface area contributed by atoms with E-state index in [-0.39, 0.29) is 5.75 Å². The van der Waals surface area contributed by atoms with Crippen molar-refractivity contribution in [2.24, 2.45) is 0 Å². The van der Waals surface area contributed by atoms with Gasteiger partial charge >= 0.3 is 0 Å². The van der Waals surface area contributed by atoms with Crippen LogP contribution in [0.2, 0.25) is 0 Å². The zero-order valence-corrected chi connectivity index (χ0v) is 12.2. The van der Waals surface area contributed by atoms with Crippen molar-refractivity contribution in [1.29, 1.82) is 0 Å². The number of nitrogens with one attached hydrogen (secondary N) is 1. The fraction of sp³-hybridized carbons (Fsp3) is 0.250. The van der Waals surface area contributed by atoms with Gasteiger partial charge in [-0.1, -0.05) is 25.1 Å². The summed E-state index contributed by atoms with van der Waals surface area (Å²) in [6.45, 7) is 5.52. The molecule has 0 bridgehead atoms. The van der Waals surface area contributed by atoms with Gasteiger partial charge in [-0.2, -0.15) is 0 Å². The lowest BCUT2D eigenvalue weighted by atomic mass is 10.1. The molecule has 0 unspecified atom stereocenters. The van der Waals surface area contributed by atoms with Crippen molar-refractivity contribution < 1.29 is 5.11 Å². The number of aromatic nitrogens is 3. The number of hydrogen-bond donors (Lipinski definition) is 2. The zero-order chi connectivity index (χ0) is 14.8. The molecular formula is C16H18N4O. The van der Waals surface area contributed by atoms with Gasteiger partial charge in [0.05, 0.1) is 0 Å². The third-order valence-electron chi connectivity index (χ3n) is 3.38. The van der Waals surface area contributed by atoms with Crippen LogP contribution in [0.5, 0.6) is 5.75 Å². The van der Waals surface area contributed by atoms with Crippen molar-refractivity contribution in [2.75, 3.05) is 6.54 Å². The van der Waals surface area contributed by atoms with Crippen molar-refractivity contribution in [3.63, 3.8) is 0 Å². The number of nitrogens with zero attached hydrogens (tertiary/aromatic N) is 3. The highest BCUT2D eigenvalue weighted by Gasteiger charge is 2.13. The van der Waals surface area contributed by atoms with Gasteiger partial charge in [0.25, 0.3) is 0 Å². The Kier molecular flexibility index (Phi) is 3.58. The monoisotopic (exact) mass is 282 g/mol.